The molecule has 1 aliphatic rings. The molecule has 30 heavy (non-hydrogen) atoms. The van der Waals surface area contributed by atoms with E-state index in [-0.39, 0.29) is 5.92 Å². The number of fused-ring (bicyclic) bond motifs is 1. The Morgan fingerprint density at radius 3 is 2.37 bits per heavy atom. The molecule has 1 unspecified atom stereocenters. The van der Waals surface area contributed by atoms with Gasteiger partial charge in [-0.1, -0.05) is 32.0 Å². The highest BCUT2D eigenvalue weighted by Crippen LogP contribution is 2.32. The molecule has 2 N–H and O–H groups in total. The Morgan fingerprint density at radius 1 is 1.03 bits per heavy atom. The van der Waals surface area contributed by atoms with Crippen molar-refractivity contribution in [2.24, 2.45) is 5.92 Å². The molecule has 1 aliphatic heterocycles. The maximum absolute atomic E-state index is 14.0. The van der Waals surface area contributed by atoms with Gasteiger partial charge in [0.15, 0.2) is 11.5 Å². The van der Waals surface area contributed by atoms with Gasteiger partial charge in [0.2, 0.25) is 15.9 Å². The average molecular weight is 437 g/mol. The Kier molecular flexibility index (Phi) is 6.62. The lowest BCUT2D eigenvalue weighted by Crippen LogP contribution is -2.50. The van der Waals surface area contributed by atoms with Gasteiger partial charge in [-0.05, 0) is 42.7 Å². The highest BCUT2D eigenvalue weighted by molar-refractivity contribution is 7.89. The number of carbonyl (C=O) groups excluding carboxylic acids is 1. The van der Waals surface area contributed by atoms with E-state index in [1.807, 2.05) is 6.07 Å². The monoisotopic (exact) mass is 436 g/mol. The van der Waals surface area contributed by atoms with Gasteiger partial charge < -0.3 is 14.8 Å². The maximum atomic E-state index is 14.0. The molecule has 0 radical (unpaired) electrons. The summed E-state index contributed by atoms with van der Waals surface area (Å²) >= 11 is 0. The van der Waals surface area contributed by atoms with Gasteiger partial charge in [0.25, 0.3) is 0 Å². The third-order valence-electron chi connectivity index (χ3n) is 4.78. The topological polar surface area (TPSA) is 93.7 Å². The minimum atomic E-state index is -4.22. The van der Waals surface area contributed by atoms with Crippen molar-refractivity contribution >= 4 is 15.9 Å². The molecule has 0 saturated heterocycles. The molecular formula is C21H25FN2O5S. The van der Waals surface area contributed by atoms with Crippen LogP contribution in [-0.2, 0) is 14.8 Å². The van der Waals surface area contributed by atoms with E-state index in [4.69, 9.17) is 9.47 Å². The van der Waals surface area contributed by atoms with Crippen molar-refractivity contribution in [1.29, 1.82) is 0 Å². The smallest absolute Gasteiger partial charge is 0.244 e. The van der Waals surface area contributed by atoms with Crippen molar-refractivity contribution in [1.82, 2.24) is 10.0 Å². The normalized spacial score (nSPS) is 15.5. The van der Waals surface area contributed by atoms with Gasteiger partial charge in [0.1, 0.15) is 30.0 Å². The Labute approximate surface area is 175 Å². The molecule has 162 valence electrons. The summed E-state index contributed by atoms with van der Waals surface area (Å²) < 4.78 is 52.6. The standard InChI is InChI=1S/C21H25FN2O5S/c1-13(2)20(24-30(26,27)19-7-5-4-6-16(19)22)21(25)23-14(3)15-8-9-17-18(12-15)29-11-10-28-17/h4-9,12-14,20,24H,10-11H2,1-3H3,(H,23,25)/t14?,20-/m0/s1. The number of halogens is 1. The summed E-state index contributed by atoms with van der Waals surface area (Å²) in [5.41, 5.74) is 0.784. The summed E-state index contributed by atoms with van der Waals surface area (Å²) in [7, 11) is -4.22. The molecule has 3 rings (SSSR count). The molecule has 7 nitrogen and oxygen atoms in total. The first-order valence-electron chi connectivity index (χ1n) is 9.66. The third kappa shape index (κ3) is 4.91. The zero-order valence-corrected chi connectivity index (χ0v) is 17.8. The number of carbonyl (C=O) groups is 1. The number of benzene rings is 2. The number of rotatable bonds is 7. The molecule has 0 bridgehead atoms. The zero-order chi connectivity index (χ0) is 21.9. The van der Waals surface area contributed by atoms with Gasteiger partial charge in [-0.3, -0.25) is 4.79 Å². The number of nitrogens with one attached hydrogen (secondary N) is 2. The van der Waals surface area contributed by atoms with E-state index >= 15 is 0 Å². The zero-order valence-electron chi connectivity index (χ0n) is 17.0. The molecule has 9 heteroatoms. The maximum Gasteiger partial charge on any atom is 0.244 e. The minimum Gasteiger partial charge on any atom is -0.486 e. The van der Waals surface area contributed by atoms with Crippen molar-refractivity contribution < 1.29 is 27.1 Å². The second-order valence-electron chi connectivity index (χ2n) is 7.41. The minimum absolute atomic E-state index is 0.362. The van der Waals surface area contributed by atoms with Crippen molar-refractivity contribution in [2.45, 2.75) is 37.8 Å². The summed E-state index contributed by atoms with van der Waals surface area (Å²) in [6.07, 6.45) is 0. The molecule has 1 heterocycles. The van der Waals surface area contributed by atoms with E-state index in [1.165, 1.54) is 12.1 Å². The first kappa shape index (κ1) is 22.0. The lowest BCUT2D eigenvalue weighted by atomic mass is 10.0. The Bertz CT molecular complexity index is 1030. The highest BCUT2D eigenvalue weighted by atomic mass is 32.2. The summed E-state index contributed by atoms with van der Waals surface area (Å²) in [5.74, 6) is -0.509. The van der Waals surface area contributed by atoms with Crippen LogP contribution in [-0.4, -0.2) is 33.6 Å². The van der Waals surface area contributed by atoms with Crippen molar-refractivity contribution in [3.63, 3.8) is 0 Å². The van der Waals surface area contributed by atoms with Crippen LogP contribution in [0, 0.1) is 11.7 Å². The first-order valence-corrected chi connectivity index (χ1v) is 11.1. The SMILES string of the molecule is CC(NC(=O)[C@@H](NS(=O)(=O)c1ccccc1F)C(C)C)c1ccc2c(c1)OCCO2. The van der Waals surface area contributed by atoms with Gasteiger partial charge in [0.05, 0.1) is 6.04 Å². The molecule has 2 aromatic rings. The lowest BCUT2D eigenvalue weighted by Gasteiger charge is -2.25. The van der Waals surface area contributed by atoms with E-state index in [9.17, 15) is 17.6 Å². The van der Waals surface area contributed by atoms with E-state index in [0.717, 1.165) is 17.7 Å². The van der Waals surface area contributed by atoms with E-state index < -0.39 is 38.7 Å². The van der Waals surface area contributed by atoms with E-state index in [1.54, 1.807) is 32.9 Å². The number of hydrogen-bond donors (Lipinski definition) is 2. The molecule has 2 aromatic carbocycles. The van der Waals surface area contributed by atoms with Crippen LogP contribution >= 0.6 is 0 Å². The fourth-order valence-electron chi connectivity index (χ4n) is 3.10. The number of hydrogen-bond acceptors (Lipinski definition) is 5. The van der Waals surface area contributed by atoms with Gasteiger partial charge in [0, 0.05) is 0 Å². The summed E-state index contributed by atoms with van der Waals surface area (Å²) in [5, 5.41) is 2.82. The molecule has 0 aromatic heterocycles. The molecule has 0 saturated carbocycles. The van der Waals surface area contributed by atoms with Crippen LogP contribution in [0.15, 0.2) is 47.4 Å². The summed E-state index contributed by atoms with van der Waals surface area (Å²) in [6, 6.07) is 8.92. The fraction of sp³-hybridized carbons (Fsp3) is 0.381. The van der Waals surface area contributed by atoms with Crippen LogP contribution in [0.1, 0.15) is 32.4 Å². The molecule has 2 atom stereocenters. The largest absolute Gasteiger partial charge is 0.486 e. The predicted octanol–water partition coefficient (Wildman–Crippen LogP) is 2.78. The lowest BCUT2D eigenvalue weighted by molar-refractivity contribution is -0.124. The van der Waals surface area contributed by atoms with E-state index in [2.05, 4.69) is 10.0 Å². The van der Waals surface area contributed by atoms with Crippen molar-refractivity contribution in [3.8, 4) is 11.5 Å². The summed E-state index contributed by atoms with van der Waals surface area (Å²) in [6.45, 7) is 6.14. The van der Waals surface area contributed by atoms with Gasteiger partial charge in [-0.2, -0.15) is 4.72 Å². The number of ether oxygens (including phenoxy) is 2. The van der Waals surface area contributed by atoms with Gasteiger partial charge >= 0.3 is 0 Å². The van der Waals surface area contributed by atoms with Crippen LogP contribution in [0.3, 0.4) is 0 Å². The van der Waals surface area contributed by atoms with Crippen molar-refractivity contribution in [2.75, 3.05) is 13.2 Å². The number of sulfonamides is 1. The van der Waals surface area contributed by atoms with Crippen LogP contribution in [0.4, 0.5) is 4.39 Å². The van der Waals surface area contributed by atoms with Crippen LogP contribution < -0.4 is 19.5 Å². The molecule has 0 spiro atoms. The third-order valence-corrected chi connectivity index (χ3v) is 6.26. The quantitative estimate of drug-likeness (QED) is 0.696. The average Bonchev–Trinajstić information content (AvgIpc) is 2.71. The van der Waals surface area contributed by atoms with Gasteiger partial charge in [-0.15, -0.1) is 0 Å². The molecule has 0 aliphatic carbocycles. The Balaban J connectivity index is 1.75. The number of amides is 1. The molecule has 1 amide bonds. The summed E-state index contributed by atoms with van der Waals surface area (Å²) in [4.78, 5) is 12.4. The molecular weight excluding hydrogens is 411 g/mol. The van der Waals surface area contributed by atoms with Crippen LogP contribution in [0.2, 0.25) is 0 Å². The Hall–Kier alpha value is -2.65. The Morgan fingerprint density at radius 2 is 1.70 bits per heavy atom. The van der Waals surface area contributed by atoms with Crippen molar-refractivity contribution in [3.05, 3.63) is 53.8 Å². The van der Waals surface area contributed by atoms with Crippen LogP contribution in [0.5, 0.6) is 11.5 Å². The first-order chi connectivity index (χ1) is 14.2. The predicted molar refractivity (Wildman–Crippen MR) is 109 cm³/mol. The second kappa shape index (κ2) is 9.01. The second-order valence-corrected chi connectivity index (χ2v) is 9.09. The van der Waals surface area contributed by atoms with Crippen LogP contribution in [0.25, 0.3) is 0 Å². The van der Waals surface area contributed by atoms with E-state index in [0.29, 0.717) is 24.7 Å². The molecule has 0 fully saturated rings. The fourth-order valence-corrected chi connectivity index (χ4v) is 4.52. The highest BCUT2D eigenvalue weighted by Gasteiger charge is 2.30. The van der Waals surface area contributed by atoms with Gasteiger partial charge in [-0.25, -0.2) is 12.8 Å².